The summed E-state index contributed by atoms with van der Waals surface area (Å²) in [5, 5.41) is 3.14. The molecule has 0 aromatic carbocycles. The smallest absolute Gasteiger partial charge is 0.317 e. The fourth-order valence-electron chi connectivity index (χ4n) is 4.14. The summed E-state index contributed by atoms with van der Waals surface area (Å²) in [7, 11) is 0. The molecule has 0 unspecified atom stereocenters. The second-order valence-corrected chi connectivity index (χ2v) is 7.78. The normalized spacial score (nSPS) is 22.9. The van der Waals surface area contributed by atoms with Gasteiger partial charge in [-0.2, -0.15) is 0 Å². The predicted molar refractivity (Wildman–Crippen MR) is 98.6 cm³/mol. The van der Waals surface area contributed by atoms with Crippen molar-refractivity contribution in [1.82, 2.24) is 20.0 Å². The van der Waals surface area contributed by atoms with Gasteiger partial charge in [-0.25, -0.2) is 4.79 Å². The molecule has 2 aliphatic heterocycles. The van der Waals surface area contributed by atoms with Crippen LogP contribution in [0.1, 0.15) is 57.8 Å². The van der Waals surface area contributed by atoms with Gasteiger partial charge in [-0.15, -0.1) is 0 Å². The van der Waals surface area contributed by atoms with Crippen molar-refractivity contribution in [2.75, 3.05) is 39.3 Å². The van der Waals surface area contributed by atoms with Crippen molar-refractivity contribution in [2.45, 2.75) is 63.8 Å². The number of piperazine rings is 1. The van der Waals surface area contributed by atoms with E-state index in [9.17, 15) is 14.4 Å². The summed E-state index contributed by atoms with van der Waals surface area (Å²) < 4.78 is 0. The summed E-state index contributed by atoms with van der Waals surface area (Å²) in [6.45, 7) is 3.12. The molecule has 146 valence electrons. The highest BCUT2D eigenvalue weighted by atomic mass is 16.2. The van der Waals surface area contributed by atoms with E-state index in [0.29, 0.717) is 45.2 Å². The van der Waals surface area contributed by atoms with Gasteiger partial charge in [-0.05, 0) is 25.7 Å². The maximum Gasteiger partial charge on any atom is 0.317 e. The van der Waals surface area contributed by atoms with Crippen LogP contribution in [-0.2, 0) is 9.59 Å². The third-order valence-corrected chi connectivity index (χ3v) is 5.85. The Labute approximate surface area is 156 Å². The lowest BCUT2D eigenvalue weighted by molar-refractivity contribution is -0.141. The molecule has 7 heteroatoms. The van der Waals surface area contributed by atoms with Gasteiger partial charge in [0.1, 0.15) is 0 Å². The largest absolute Gasteiger partial charge is 0.338 e. The van der Waals surface area contributed by atoms with Crippen LogP contribution in [0, 0.1) is 0 Å². The van der Waals surface area contributed by atoms with Crippen LogP contribution < -0.4 is 5.32 Å². The number of amides is 4. The maximum absolute atomic E-state index is 12.5. The Morgan fingerprint density at radius 2 is 1.50 bits per heavy atom. The molecule has 3 rings (SSSR count). The zero-order chi connectivity index (χ0) is 18.4. The number of carbonyl (C=O) groups excluding carboxylic acids is 3. The van der Waals surface area contributed by atoms with Gasteiger partial charge in [-0.3, -0.25) is 9.59 Å². The van der Waals surface area contributed by atoms with Crippen LogP contribution in [0.5, 0.6) is 0 Å². The Hall–Kier alpha value is -1.79. The number of rotatable bonds is 3. The molecule has 0 radical (unpaired) electrons. The Morgan fingerprint density at radius 1 is 0.846 bits per heavy atom. The molecule has 0 atom stereocenters. The van der Waals surface area contributed by atoms with Gasteiger partial charge in [0.25, 0.3) is 0 Å². The standard InChI is InChI=1S/C19H32N4O3/c24-17-9-5-2-6-10-23(17)15-18(25)21-11-13-22(14-12-21)19(26)20-16-7-3-1-4-8-16/h16H,1-15H2,(H,20,26). The Morgan fingerprint density at radius 3 is 2.23 bits per heavy atom. The van der Waals surface area contributed by atoms with Crippen molar-refractivity contribution in [1.29, 1.82) is 0 Å². The summed E-state index contributed by atoms with van der Waals surface area (Å²) in [6.07, 6.45) is 9.35. The highest BCUT2D eigenvalue weighted by molar-refractivity contribution is 5.85. The Bertz CT molecular complexity index is 511. The molecular formula is C19H32N4O3. The van der Waals surface area contributed by atoms with Gasteiger partial charge in [0.15, 0.2) is 0 Å². The van der Waals surface area contributed by atoms with E-state index in [1.54, 1.807) is 9.80 Å². The summed E-state index contributed by atoms with van der Waals surface area (Å²) >= 11 is 0. The van der Waals surface area contributed by atoms with Crippen LogP contribution in [0.4, 0.5) is 4.79 Å². The lowest BCUT2D eigenvalue weighted by Gasteiger charge is -2.36. The Kier molecular flexibility index (Phi) is 6.74. The molecule has 1 N–H and O–H groups in total. The summed E-state index contributed by atoms with van der Waals surface area (Å²) in [4.78, 5) is 42.3. The van der Waals surface area contributed by atoms with Gasteiger partial charge in [-0.1, -0.05) is 25.7 Å². The molecule has 3 aliphatic rings. The van der Waals surface area contributed by atoms with Crippen molar-refractivity contribution in [3.05, 3.63) is 0 Å². The van der Waals surface area contributed by atoms with E-state index < -0.39 is 0 Å². The van der Waals surface area contributed by atoms with Gasteiger partial charge in [0.05, 0.1) is 6.54 Å². The molecule has 0 bridgehead atoms. The van der Waals surface area contributed by atoms with E-state index in [2.05, 4.69) is 5.32 Å². The van der Waals surface area contributed by atoms with E-state index in [0.717, 1.165) is 32.1 Å². The number of likely N-dealkylation sites (tertiary alicyclic amines) is 1. The molecule has 0 spiro atoms. The minimum Gasteiger partial charge on any atom is -0.338 e. The first kappa shape index (κ1) is 19.0. The molecule has 2 heterocycles. The first-order valence-electron chi connectivity index (χ1n) is 10.2. The third kappa shape index (κ3) is 5.11. The maximum atomic E-state index is 12.5. The zero-order valence-corrected chi connectivity index (χ0v) is 15.8. The number of carbonyl (C=O) groups is 3. The third-order valence-electron chi connectivity index (χ3n) is 5.85. The fraction of sp³-hybridized carbons (Fsp3) is 0.842. The number of nitrogens with one attached hydrogen (secondary N) is 1. The van der Waals surface area contributed by atoms with Gasteiger partial charge in [0.2, 0.25) is 11.8 Å². The van der Waals surface area contributed by atoms with Crippen LogP contribution in [-0.4, -0.2) is 77.9 Å². The average molecular weight is 364 g/mol. The van der Waals surface area contributed by atoms with Gasteiger partial charge >= 0.3 is 6.03 Å². The van der Waals surface area contributed by atoms with Crippen molar-refractivity contribution >= 4 is 17.8 Å². The van der Waals surface area contributed by atoms with E-state index in [1.165, 1.54) is 19.3 Å². The molecule has 7 nitrogen and oxygen atoms in total. The minimum atomic E-state index is 0.00620. The predicted octanol–water partition coefficient (Wildman–Crippen LogP) is 1.58. The van der Waals surface area contributed by atoms with Crippen molar-refractivity contribution in [3.8, 4) is 0 Å². The highest BCUT2D eigenvalue weighted by Crippen LogP contribution is 2.18. The topological polar surface area (TPSA) is 73.0 Å². The second-order valence-electron chi connectivity index (χ2n) is 7.78. The SMILES string of the molecule is O=C(CN1CCCCCC1=O)N1CCN(C(=O)NC2CCCCC2)CC1. The number of urea groups is 1. The van der Waals surface area contributed by atoms with Crippen LogP contribution in [0.25, 0.3) is 0 Å². The lowest BCUT2D eigenvalue weighted by Crippen LogP contribution is -2.56. The molecule has 0 aromatic heterocycles. The molecular weight excluding hydrogens is 332 g/mol. The van der Waals surface area contributed by atoms with Crippen molar-refractivity contribution in [3.63, 3.8) is 0 Å². The van der Waals surface area contributed by atoms with E-state index in [4.69, 9.17) is 0 Å². The average Bonchev–Trinajstić information content (AvgIpc) is 2.87. The summed E-state index contributed by atoms with van der Waals surface area (Å²) in [5.41, 5.74) is 0. The molecule has 1 saturated carbocycles. The number of hydrogen-bond donors (Lipinski definition) is 1. The minimum absolute atomic E-state index is 0.00620. The van der Waals surface area contributed by atoms with Crippen molar-refractivity contribution in [2.24, 2.45) is 0 Å². The zero-order valence-electron chi connectivity index (χ0n) is 15.8. The van der Waals surface area contributed by atoms with E-state index in [1.807, 2.05) is 4.90 Å². The molecule has 4 amide bonds. The van der Waals surface area contributed by atoms with Crippen molar-refractivity contribution < 1.29 is 14.4 Å². The van der Waals surface area contributed by atoms with Crippen LogP contribution in [0.2, 0.25) is 0 Å². The Balaban J connectivity index is 1.41. The summed E-state index contributed by atoms with van der Waals surface area (Å²) in [6, 6.07) is 0.316. The van der Waals surface area contributed by atoms with Gasteiger partial charge in [0, 0.05) is 45.2 Å². The molecule has 2 saturated heterocycles. The monoisotopic (exact) mass is 364 g/mol. The fourth-order valence-corrected chi connectivity index (χ4v) is 4.14. The second kappa shape index (κ2) is 9.24. The van der Waals surface area contributed by atoms with E-state index >= 15 is 0 Å². The molecule has 26 heavy (non-hydrogen) atoms. The molecule has 0 aromatic rings. The first-order chi connectivity index (χ1) is 12.6. The first-order valence-corrected chi connectivity index (χ1v) is 10.2. The molecule has 1 aliphatic carbocycles. The van der Waals surface area contributed by atoms with Crippen LogP contribution in [0.3, 0.4) is 0 Å². The number of hydrogen-bond acceptors (Lipinski definition) is 3. The molecule has 3 fully saturated rings. The van der Waals surface area contributed by atoms with Gasteiger partial charge < -0.3 is 20.0 Å². The van der Waals surface area contributed by atoms with E-state index in [-0.39, 0.29) is 24.4 Å². The van der Waals surface area contributed by atoms with Crippen LogP contribution in [0.15, 0.2) is 0 Å². The summed E-state index contributed by atoms with van der Waals surface area (Å²) in [5.74, 6) is 0.105. The van der Waals surface area contributed by atoms with Crippen LogP contribution >= 0.6 is 0 Å². The number of nitrogens with zero attached hydrogens (tertiary/aromatic N) is 3. The quantitative estimate of drug-likeness (QED) is 0.826. The highest BCUT2D eigenvalue weighted by Gasteiger charge is 2.28. The lowest BCUT2D eigenvalue weighted by atomic mass is 9.96.